The van der Waals surface area contributed by atoms with Gasteiger partial charge in [0.2, 0.25) is 11.1 Å². The molecule has 0 aliphatic rings. The average Bonchev–Trinajstić information content (AvgIpc) is 3.18. The summed E-state index contributed by atoms with van der Waals surface area (Å²) < 4.78 is 45.7. The zero-order valence-corrected chi connectivity index (χ0v) is 17.7. The van der Waals surface area contributed by atoms with Gasteiger partial charge >= 0.3 is 6.18 Å². The molecule has 0 bridgehead atoms. The van der Waals surface area contributed by atoms with E-state index in [-0.39, 0.29) is 28.1 Å². The van der Waals surface area contributed by atoms with Gasteiger partial charge in [0, 0.05) is 5.56 Å². The summed E-state index contributed by atoms with van der Waals surface area (Å²) in [6, 6.07) is 11.3. The van der Waals surface area contributed by atoms with Gasteiger partial charge in [-0.3, -0.25) is 14.6 Å². The summed E-state index contributed by atoms with van der Waals surface area (Å²) in [5.41, 5.74) is -1.16. The summed E-state index contributed by atoms with van der Waals surface area (Å²) in [7, 11) is 1.52. The van der Waals surface area contributed by atoms with Crippen LogP contribution in [-0.2, 0) is 11.0 Å². The highest BCUT2D eigenvalue weighted by Crippen LogP contribution is 2.34. The molecule has 2 aromatic carbocycles. The minimum absolute atomic E-state index is 0.0580. The third-order valence-electron chi connectivity index (χ3n) is 4.45. The summed E-state index contributed by atoms with van der Waals surface area (Å²) in [5.74, 6) is -0.267. The number of H-pyrrole nitrogens is 1. The van der Waals surface area contributed by atoms with Crippen molar-refractivity contribution in [2.75, 3.05) is 18.2 Å². The van der Waals surface area contributed by atoms with E-state index in [0.717, 1.165) is 17.8 Å². The van der Waals surface area contributed by atoms with Crippen LogP contribution in [-0.4, -0.2) is 43.6 Å². The summed E-state index contributed by atoms with van der Waals surface area (Å²) in [6.07, 6.45) is -4.60. The molecular weight excluding hydrogens is 461 g/mol. The topological polar surface area (TPSA) is 114 Å². The Morgan fingerprint density at radius 1 is 1.15 bits per heavy atom. The molecule has 4 aromatic rings. The Balaban J connectivity index is 1.54. The Morgan fingerprint density at radius 3 is 2.58 bits per heavy atom. The Hall–Kier alpha value is -3.87. The number of alkyl halides is 3. The monoisotopic (exact) mass is 476 g/mol. The van der Waals surface area contributed by atoms with Crippen molar-refractivity contribution in [3.63, 3.8) is 0 Å². The molecule has 0 spiro atoms. The van der Waals surface area contributed by atoms with Crippen LogP contribution in [0.15, 0.2) is 58.5 Å². The highest BCUT2D eigenvalue weighted by Gasteiger charge is 2.33. The van der Waals surface area contributed by atoms with E-state index in [1.165, 1.54) is 29.8 Å². The van der Waals surface area contributed by atoms with Crippen molar-refractivity contribution in [2.45, 2.75) is 11.3 Å². The number of halogens is 3. The molecule has 2 aromatic heterocycles. The summed E-state index contributed by atoms with van der Waals surface area (Å²) in [5, 5.41) is 14.4. The lowest BCUT2D eigenvalue weighted by molar-refractivity contribution is -0.137. The molecule has 4 rings (SSSR count). The van der Waals surface area contributed by atoms with Crippen molar-refractivity contribution in [2.24, 2.45) is 0 Å². The fourth-order valence-corrected chi connectivity index (χ4v) is 3.60. The van der Waals surface area contributed by atoms with Crippen molar-refractivity contribution in [3.8, 4) is 17.0 Å². The first-order valence-electron chi connectivity index (χ1n) is 9.35. The van der Waals surface area contributed by atoms with Crippen LogP contribution in [0.4, 0.5) is 18.9 Å². The van der Waals surface area contributed by atoms with Crippen LogP contribution in [0.5, 0.6) is 5.75 Å². The molecule has 170 valence electrons. The number of ether oxygens (including phenoxy) is 1. The molecule has 0 fully saturated rings. The first kappa shape index (κ1) is 22.3. The maximum Gasteiger partial charge on any atom is 0.418 e. The number of aromatic nitrogens is 5. The third kappa shape index (κ3) is 4.82. The van der Waals surface area contributed by atoms with Gasteiger partial charge in [-0.2, -0.15) is 22.8 Å². The van der Waals surface area contributed by atoms with Crippen molar-refractivity contribution in [1.29, 1.82) is 0 Å². The van der Waals surface area contributed by atoms with Crippen LogP contribution in [0.1, 0.15) is 5.56 Å². The zero-order chi connectivity index (χ0) is 23.6. The van der Waals surface area contributed by atoms with E-state index in [1.807, 2.05) is 0 Å². The van der Waals surface area contributed by atoms with Crippen molar-refractivity contribution >= 4 is 29.1 Å². The van der Waals surface area contributed by atoms with E-state index in [1.54, 1.807) is 24.3 Å². The van der Waals surface area contributed by atoms with Crippen LogP contribution < -0.4 is 15.6 Å². The van der Waals surface area contributed by atoms with E-state index in [4.69, 9.17) is 4.74 Å². The third-order valence-corrected chi connectivity index (χ3v) is 5.37. The smallest absolute Gasteiger partial charge is 0.418 e. The van der Waals surface area contributed by atoms with Crippen LogP contribution in [0, 0.1) is 0 Å². The van der Waals surface area contributed by atoms with Crippen LogP contribution >= 0.6 is 11.8 Å². The van der Waals surface area contributed by atoms with Gasteiger partial charge < -0.3 is 10.1 Å². The first-order valence-corrected chi connectivity index (χ1v) is 10.3. The highest BCUT2D eigenvalue weighted by molar-refractivity contribution is 7.99. The molecule has 2 heterocycles. The maximum absolute atomic E-state index is 13.1. The van der Waals surface area contributed by atoms with Gasteiger partial charge in [0.05, 0.1) is 24.1 Å². The molecule has 0 aliphatic carbocycles. The van der Waals surface area contributed by atoms with Gasteiger partial charge in [-0.1, -0.05) is 23.9 Å². The van der Waals surface area contributed by atoms with Gasteiger partial charge in [0.15, 0.2) is 5.69 Å². The normalized spacial score (nSPS) is 11.5. The van der Waals surface area contributed by atoms with Crippen LogP contribution in [0.2, 0.25) is 0 Å². The number of para-hydroxylation sites is 1. The van der Waals surface area contributed by atoms with Crippen molar-refractivity contribution < 1.29 is 22.7 Å². The van der Waals surface area contributed by atoms with Gasteiger partial charge in [-0.25, -0.2) is 0 Å². The van der Waals surface area contributed by atoms with Gasteiger partial charge in [-0.05, 0) is 36.4 Å². The number of rotatable bonds is 6. The Bertz CT molecular complexity index is 1370. The number of aromatic amines is 1. The van der Waals surface area contributed by atoms with E-state index in [9.17, 15) is 22.8 Å². The van der Waals surface area contributed by atoms with Crippen LogP contribution in [0.3, 0.4) is 0 Å². The number of thioether (sulfide) groups is 1. The molecule has 2 N–H and O–H groups in total. The summed E-state index contributed by atoms with van der Waals surface area (Å²) >= 11 is 0.905. The van der Waals surface area contributed by atoms with Gasteiger partial charge in [-0.15, -0.1) is 10.2 Å². The number of anilines is 1. The SMILES string of the molecule is COc1ccc(-c2nn3c(SCC(=O)Nc4ccccc4C(F)(F)F)nnc3[nH]c2=O)cc1. The molecule has 0 aliphatic heterocycles. The Morgan fingerprint density at radius 2 is 1.88 bits per heavy atom. The molecule has 0 unspecified atom stereocenters. The predicted molar refractivity (Wildman–Crippen MR) is 114 cm³/mol. The highest BCUT2D eigenvalue weighted by atomic mass is 32.2. The summed E-state index contributed by atoms with van der Waals surface area (Å²) in [6.45, 7) is 0. The number of amides is 1. The van der Waals surface area contributed by atoms with Crippen LogP contribution in [0.25, 0.3) is 17.0 Å². The van der Waals surface area contributed by atoms with Crippen molar-refractivity contribution in [1.82, 2.24) is 24.8 Å². The second kappa shape index (κ2) is 8.94. The molecule has 33 heavy (non-hydrogen) atoms. The maximum atomic E-state index is 13.1. The Labute approximate surface area is 188 Å². The number of benzene rings is 2. The average molecular weight is 476 g/mol. The number of hydrogen-bond acceptors (Lipinski definition) is 7. The molecule has 0 saturated carbocycles. The van der Waals surface area contributed by atoms with E-state index < -0.39 is 23.2 Å². The first-order chi connectivity index (χ1) is 15.8. The second-order valence-electron chi connectivity index (χ2n) is 6.63. The molecule has 13 heteroatoms. The minimum Gasteiger partial charge on any atom is -0.497 e. The van der Waals surface area contributed by atoms with Gasteiger partial charge in [0.25, 0.3) is 11.3 Å². The van der Waals surface area contributed by atoms with E-state index >= 15 is 0 Å². The number of nitrogens with zero attached hydrogens (tertiary/aromatic N) is 4. The number of carbonyl (C=O) groups excluding carboxylic acids is 1. The number of methoxy groups -OCH3 is 1. The van der Waals surface area contributed by atoms with E-state index in [2.05, 4.69) is 25.6 Å². The second-order valence-corrected chi connectivity index (χ2v) is 7.57. The standard InChI is InChI=1S/C20H15F3N6O3S/c1-32-12-8-6-11(7-9-12)16-17(31)25-18-26-27-19(29(18)28-16)33-10-15(30)24-14-5-3-2-4-13(14)20(21,22)23/h2-9H,10H2,1H3,(H,24,30)(H,25,26,31). The molecular formula is C20H15F3N6O3S. The summed E-state index contributed by atoms with van der Waals surface area (Å²) in [4.78, 5) is 27.2. The van der Waals surface area contributed by atoms with E-state index in [0.29, 0.717) is 11.3 Å². The fraction of sp³-hybridized carbons (Fsp3) is 0.150. The lowest BCUT2D eigenvalue weighted by atomic mass is 10.1. The lowest BCUT2D eigenvalue weighted by Crippen LogP contribution is -2.18. The number of carbonyl (C=O) groups is 1. The predicted octanol–water partition coefficient (Wildman–Crippen LogP) is 3.24. The minimum atomic E-state index is -4.60. The quantitative estimate of drug-likeness (QED) is 0.411. The number of nitrogens with one attached hydrogen (secondary N) is 2. The van der Waals surface area contributed by atoms with Gasteiger partial charge in [0.1, 0.15) is 5.75 Å². The Kier molecular flexibility index (Phi) is 6.05. The zero-order valence-electron chi connectivity index (χ0n) is 16.9. The molecule has 9 nitrogen and oxygen atoms in total. The largest absolute Gasteiger partial charge is 0.497 e. The molecule has 0 atom stereocenters. The number of hydrogen-bond donors (Lipinski definition) is 2. The number of fused-ring (bicyclic) bond motifs is 1. The van der Waals surface area contributed by atoms with Crippen molar-refractivity contribution in [3.05, 3.63) is 64.4 Å². The lowest BCUT2D eigenvalue weighted by Gasteiger charge is -2.13. The molecule has 0 saturated heterocycles. The molecule has 1 amide bonds. The molecule has 0 radical (unpaired) electrons. The fourth-order valence-electron chi connectivity index (χ4n) is 2.92.